The molecule has 0 aromatic heterocycles. The monoisotopic (exact) mass is 434 g/mol. The third kappa shape index (κ3) is 4.78. The molecule has 0 unspecified atom stereocenters. The van der Waals surface area contributed by atoms with Crippen molar-refractivity contribution >= 4 is 17.7 Å². The highest BCUT2D eigenvalue weighted by molar-refractivity contribution is 7.87. The Bertz CT molecular complexity index is 933. The molecular weight excluding hydrogens is 413 g/mol. The first kappa shape index (κ1) is 22.5. The smallest absolute Gasteiger partial charge is 0.379 e. The van der Waals surface area contributed by atoms with Crippen LogP contribution in [0.3, 0.4) is 0 Å². The van der Waals surface area contributed by atoms with Gasteiger partial charge in [0.25, 0.3) is 0 Å². The summed E-state index contributed by atoms with van der Waals surface area (Å²) in [5.74, 6) is -0.164. The molecule has 0 heterocycles. The molecule has 0 spiro atoms. The fourth-order valence-electron chi connectivity index (χ4n) is 2.29. The summed E-state index contributed by atoms with van der Waals surface area (Å²) in [7, 11) is -8.86. The molecule has 0 aliphatic rings. The van der Waals surface area contributed by atoms with Crippen LogP contribution >= 0.6 is 7.60 Å². The van der Waals surface area contributed by atoms with Crippen LogP contribution in [0.1, 0.15) is 25.0 Å². The fraction of sp³-hybridized carbons (Fsp3) is 0.333. The Labute approximate surface area is 163 Å². The molecule has 6 nitrogen and oxygen atoms in total. The molecule has 0 aliphatic heterocycles. The maximum atomic E-state index is 14.7. The molecule has 0 radical (unpaired) electrons. The van der Waals surface area contributed by atoms with E-state index in [2.05, 4.69) is 0 Å². The van der Waals surface area contributed by atoms with Crippen molar-refractivity contribution < 1.29 is 35.0 Å². The van der Waals surface area contributed by atoms with Gasteiger partial charge in [0.2, 0.25) is 0 Å². The van der Waals surface area contributed by atoms with Crippen molar-refractivity contribution in [3.8, 4) is 5.75 Å². The molecule has 0 bridgehead atoms. The van der Waals surface area contributed by atoms with Gasteiger partial charge in [-0.25, -0.2) is 0 Å². The van der Waals surface area contributed by atoms with E-state index in [9.17, 15) is 21.8 Å². The summed E-state index contributed by atoms with van der Waals surface area (Å²) in [6.45, 7) is 4.22. The highest BCUT2D eigenvalue weighted by atomic mass is 32.2. The van der Waals surface area contributed by atoms with Gasteiger partial charge in [0, 0.05) is 5.56 Å². The number of hydrogen-bond acceptors (Lipinski definition) is 6. The lowest BCUT2D eigenvalue weighted by Gasteiger charge is -2.26. The van der Waals surface area contributed by atoms with Gasteiger partial charge in [0.15, 0.2) is 0 Å². The van der Waals surface area contributed by atoms with E-state index in [1.165, 1.54) is 26.0 Å². The third-order valence-electron chi connectivity index (χ3n) is 3.66. The van der Waals surface area contributed by atoms with E-state index in [0.717, 1.165) is 29.8 Å². The van der Waals surface area contributed by atoms with Crippen molar-refractivity contribution in [1.82, 2.24) is 0 Å². The van der Waals surface area contributed by atoms with E-state index in [1.807, 2.05) is 0 Å². The summed E-state index contributed by atoms with van der Waals surface area (Å²) in [6.07, 6.45) is 0. The second-order valence-corrected chi connectivity index (χ2v) is 9.37. The standard InChI is InChI=1S/C18H21F2O6PS/c1-4-24-27(21,25-5-2)18(19,20)15-8-10-16(11-9-15)26-28(22,23)17-12-6-14(3)7-13-17/h6-13H,4-5H2,1-3H3. The van der Waals surface area contributed by atoms with E-state index in [0.29, 0.717) is 0 Å². The van der Waals surface area contributed by atoms with Gasteiger partial charge in [-0.1, -0.05) is 17.7 Å². The molecule has 2 aromatic rings. The minimum absolute atomic E-state index is 0.0651. The van der Waals surface area contributed by atoms with Crippen molar-refractivity contribution in [1.29, 1.82) is 0 Å². The molecule has 0 saturated carbocycles. The molecule has 0 fully saturated rings. The zero-order valence-electron chi connectivity index (χ0n) is 15.6. The van der Waals surface area contributed by atoms with E-state index >= 15 is 0 Å². The highest BCUT2D eigenvalue weighted by Crippen LogP contribution is 2.66. The first-order valence-electron chi connectivity index (χ1n) is 8.44. The number of hydrogen-bond donors (Lipinski definition) is 0. The number of halogens is 2. The van der Waals surface area contributed by atoms with Crippen LogP contribution in [0.25, 0.3) is 0 Å². The first-order valence-corrected chi connectivity index (χ1v) is 11.4. The molecule has 2 aromatic carbocycles. The van der Waals surface area contributed by atoms with Crippen LogP contribution in [0.4, 0.5) is 8.78 Å². The molecule has 0 saturated heterocycles. The van der Waals surface area contributed by atoms with Crippen molar-refractivity contribution in [3.05, 3.63) is 59.7 Å². The van der Waals surface area contributed by atoms with Gasteiger partial charge < -0.3 is 13.2 Å². The molecule has 2 rings (SSSR count). The lowest BCUT2D eigenvalue weighted by Crippen LogP contribution is -2.18. The quantitative estimate of drug-likeness (QED) is 0.405. The van der Waals surface area contributed by atoms with Crippen LogP contribution in [0.2, 0.25) is 0 Å². The van der Waals surface area contributed by atoms with Crippen molar-refractivity contribution in [2.45, 2.75) is 31.3 Å². The summed E-state index contributed by atoms with van der Waals surface area (Å²) in [6, 6.07) is 9.93. The Balaban J connectivity index is 2.27. The summed E-state index contributed by atoms with van der Waals surface area (Å²) in [4.78, 5) is -0.0651. The number of rotatable bonds is 9. The number of benzene rings is 2. The Morgan fingerprint density at radius 3 is 1.89 bits per heavy atom. The molecule has 28 heavy (non-hydrogen) atoms. The van der Waals surface area contributed by atoms with Gasteiger partial charge in [-0.3, -0.25) is 4.57 Å². The summed E-state index contributed by atoms with van der Waals surface area (Å²) in [5.41, 5.74) is -3.68. The predicted octanol–water partition coefficient (Wildman–Crippen LogP) is 5.08. The number of alkyl halides is 2. The molecule has 0 atom stereocenters. The summed E-state index contributed by atoms with van der Waals surface area (Å²) in [5, 5.41) is 0. The van der Waals surface area contributed by atoms with Gasteiger partial charge in [-0.2, -0.15) is 17.2 Å². The van der Waals surface area contributed by atoms with Crippen LogP contribution in [0.15, 0.2) is 53.4 Å². The van der Waals surface area contributed by atoms with Gasteiger partial charge in [0.1, 0.15) is 10.6 Å². The van der Waals surface area contributed by atoms with Crippen LogP contribution in [0.5, 0.6) is 5.75 Å². The SMILES string of the molecule is CCOP(=O)(OCC)C(F)(F)c1ccc(OS(=O)(=O)c2ccc(C)cc2)cc1. The molecule has 0 amide bonds. The maximum absolute atomic E-state index is 14.7. The van der Waals surface area contributed by atoms with Gasteiger partial charge in [-0.05, 0) is 57.2 Å². The minimum atomic E-state index is -4.75. The van der Waals surface area contributed by atoms with E-state index in [-0.39, 0.29) is 23.9 Å². The average molecular weight is 434 g/mol. The average Bonchev–Trinajstić information content (AvgIpc) is 2.62. The predicted molar refractivity (Wildman–Crippen MR) is 100 cm³/mol. The highest BCUT2D eigenvalue weighted by Gasteiger charge is 2.54. The molecule has 154 valence electrons. The van der Waals surface area contributed by atoms with Crippen molar-refractivity contribution in [2.75, 3.05) is 13.2 Å². The lowest BCUT2D eigenvalue weighted by molar-refractivity contribution is 0.0360. The van der Waals surface area contributed by atoms with Gasteiger partial charge in [-0.15, -0.1) is 0 Å². The van der Waals surface area contributed by atoms with Crippen molar-refractivity contribution in [3.63, 3.8) is 0 Å². The Kier molecular flexibility index (Phi) is 6.98. The van der Waals surface area contributed by atoms with Crippen LogP contribution in [0, 0.1) is 6.92 Å². The second kappa shape index (κ2) is 8.69. The van der Waals surface area contributed by atoms with Gasteiger partial charge >= 0.3 is 23.4 Å². The first-order chi connectivity index (χ1) is 13.1. The zero-order chi connectivity index (χ0) is 21.0. The normalized spacial score (nSPS) is 12.8. The Morgan fingerprint density at radius 1 is 0.929 bits per heavy atom. The molecular formula is C18H21F2O6PS. The van der Waals surface area contributed by atoms with Gasteiger partial charge in [0.05, 0.1) is 13.2 Å². The van der Waals surface area contributed by atoms with Crippen LogP contribution in [-0.2, 0) is 29.4 Å². The molecule has 0 N–H and O–H groups in total. The molecule has 10 heteroatoms. The minimum Gasteiger partial charge on any atom is -0.379 e. The Morgan fingerprint density at radius 2 is 1.43 bits per heavy atom. The lowest BCUT2D eigenvalue weighted by atomic mass is 10.2. The summed E-state index contributed by atoms with van der Waals surface area (Å²) < 4.78 is 80.8. The number of aryl methyl sites for hydroxylation is 1. The van der Waals surface area contributed by atoms with E-state index < -0.39 is 28.9 Å². The summed E-state index contributed by atoms with van der Waals surface area (Å²) >= 11 is 0. The fourth-order valence-corrected chi connectivity index (χ4v) is 4.76. The molecule has 0 aliphatic carbocycles. The topological polar surface area (TPSA) is 78.9 Å². The van der Waals surface area contributed by atoms with Crippen LogP contribution < -0.4 is 4.18 Å². The third-order valence-corrected chi connectivity index (χ3v) is 7.06. The van der Waals surface area contributed by atoms with Crippen LogP contribution in [-0.4, -0.2) is 21.6 Å². The van der Waals surface area contributed by atoms with Crippen molar-refractivity contribution in [2.24, 2.45) is 0 Å². The van der Waals surface area contributed by atoms with E-state index in [1.54, 1.807) is 19.1 Å². The second-order valence-electron chi connectivity index (χ2n) is 5.75. The maximum Gasteiger partial charge on any atom is 0.404 e. The largest absolute Gasteiger partial charge is 0.404 e. The zero-order valence-corrected chi connectivity index (χ0v) is 17.3. The van der Waals surface area contributed by atoms with E-state index in [4.69, 9.17) is 13.2 Å². The Hall–Kier alpha value is -1.80.